The average Bonchev–Trinajstić information content (AvgIpc) is 2.23. The molecule has 0 aliphatic carbocycles. The zero-order valence-corrected chi connectivity index (χ0v) is 9.46. The average molecular weight is 304 g/mol. The van der Waals surface area contributed by atoms with Gasteiger partial charge in [0.1, 0.15) is 6.61 Å². The van der Waals surface area contributed by atoms with Crippen molar-refractivity contribution < 1.29 is 49.4 Å². The lowest BCUT2D eigenvalue weighted by molar-refractivity contribution is -0.361. The summed E-state index contributed by atoms with van der Waals surface area (Å²) >= 11 is 0. The first kappa shape index (κ1) is 17.9. The highest BCUT2D eigenvalue weighted by atomic mass is 19.3. The molecule has 0 saturated carbocycles. The van der Waals surface area contributed by atoms with E-state index in [-0.39, 0.29) is 6.92 Å². The number of methoxy groups -OCH3 is 1. The van der Waals surface area contributed by atoms with E-state index in [1.807, 2.05) is 0 Å². The van der Waals surface area contributed by atoms with Gasteiger partial charge in [0, 0.05) is 6.92 Å². The molecule has 0 bridgehead atoms. The fraction of sp³-hybridized carbons (Fsp3) is 0.875. The number of hydrogen-bond donors (Lipinski definition) is 0. The lowest BCUT2D eigenvalue weighted by Gasteiger charge is -2.28. The molecule has 11 heteroatoms. The van der Waals surface area contributed by atoms with Crippen LogP contribution < -0.4 is 0 Å². The quantitative estimate of drug-likeness (QED) is 0.559. The fourth-order valence-electron chi connectivity index (χ4n) is 0.646. The van der Waals surface area contributed by atoms with Crippen LogP contribution in [0.25, 0.3) is 0 Å². The van der Waals surface area contributed by atoms with Crippen molar-refractivity contribution in [3.8, 4) is 0 Å². The normalized spacial score (nSPS) is 14.4. The Balaban J connectivity index is 4.95. The Labute approximate surface area is 101 Å². The number of carbonyl (C=O) groups excluding carboxylic acids is 1. The van der Waals surface area contributed by atoms with Gasteiger partial charge in [0.05, 0.1) is 7.11 Å². The summed E-state index contributed by atoms with van der Waals surface area (Å²) in [5.41, 5.74) is 0. The van der Waals surface area contributed by atoms with Gasteiger partial charge in [0.2, 0.25) is 0 Å². The van der Waals surface area contributed by atoms with Crippen molar-refractivity contribution in [2.24, 2.45) is 0 Å². The molecule has 0 aliphatic heterocycles. The van der Waals surface area contributed by atoms with Crippen LogP contribution in [0.1, 0.15) is 6.92 Å². The molecule has 0 atom stereocenters. The molecule has 0 amide bonds. The summed E-state index contributed by atoms with van der Waals surface area (Å²) in [6.45, 7) is -3.02. The van der Waals surface area contributed by atoms with E-state index in [0.29, 0.717) is 7.11 Å². The van der Waals surface area contributed by atoms with Gasteiger partial charge in [-0.15, -0.1) is 0 Å². The summed E-state index contributed by atoms with van der Waals surface area (Å²) < 4.78 is 107. The van der Waals surface area contributed by atoms with Crippen molar-refractivity contribution in [1.29, 1.82) is 0 Å². The predicted molar refractivity (Wildman–Crippen MR) is 43.4 cm³/mol. The summed E-state index contributed by atoms with van der Waals surface area (Å²) in [7, 11) is 0.334. The summed E-state index contributed by atoms with van der Waals surface area (Å²) in [5.74, 6) is -18.3. The Morgan fingerprint density at radius 2 is 1.42 bits per heavy atom. The van der Waals surface area contributed by atoms with Gasteiger partial charge in [-0.3, -0.25) is 0 Å². The van der Waals surface area contributed by atoms with Crippen LogP contribution in [0.4, 0.5) is 35.1 Å². The third-order valence-electron chi connectivity index (χ3n) is 1.88. The highest BCUT2D eigenvalue weighted by Gasteiger charge is 2.66. The molecular formula is C8H8F8O3. The molecular weight excluding hydrogens is 296 g/mol. The lowest BCUT2D eigenvalue weighted by Crippen LogP contribution is -2.52. The van der Waals surface area contributed by atoms with Crippen molar-refractivity contribution in [3.05, 3.63) is 0 Å². The first-order valence-electron chi connectivity index (χ1n) is 4.42. The molecule has 0 aromatic rings. The lowest BCUT2D eigenvalue weighted by atomic mass is 10.2. The third kappa shape index (κ3) is 3.67. The maximum absolute atomic E-state index is 12.7. The Kier molecular flexibility index (Phi) is 4.79. The first-order valence-corrected chi connectivity index (χ1v) is 4.42. The van der Waals surface area contributed by atoms with Crippen molar-refractivity contribution in [1.82, 2.24) is 0 Å². The number of alkyl halides is 8. The molecule has 0 heterocycles. The second kappa shape index (κ2) is 5.10. The zero-order chi connectivity index (χ0) is 15.7. The van der Waals surface area contributed by atoms with Crippen LogP contribution in [0.2, 0.25) is 0 Å². The topological polar surface area (TPSA) is 35.5 Å². The minimum Gasteiger partial charge on any atom is -0.464 e. The number of halogens is 8. The van der Waals surface area contributed by atoms with Gasteiger partial charge >= 0.3 is 29.8 Å². The van der Waals surface area contributed by atoms with Crippen LogP contribution in [0.5, 0.6) is 0 Å². The minimum absolute atomic E-state index is 0.313. The monoisotopic (exact) mass is 304 g/mol. The number of carbonyl (C=O) groups is 1. The van der Waals surface area contributed by atoms with Crippen LogP contribution in [0.15, 0.2) is 0 Å². The van der Waals surface area contributed by atoms with Gasteiger partial charge in [-0.2, -0.15) is 26.3 Å². The molecule has 0 aromatic carbocycles. The molecule has 0 spiro atoms. The van der Waals surface area contributed by atoms with E-state index in [4.69, 9.17) is 0 Å². The number of hydrogen-bond acceptors (Lipinski definition) is 3. The van der Waals surface area contributed by atoms with E-state index >= 15 is 0 Å². The third-order valence-corrected chi connectivity index (χ3v) is 1.88. The number of rotatable bonds is 6. The first-order chi connectivity index (χ1) is 8.19. The molecule has 0 N–H and O–H groups in total. The van der Waals surface area contributed by atoms with Gasteiger partial charge in [-0.25, -0.2) is 13.6 Å². The Hall–Kier alpha value is -1.13. The second-order valence-electron chi connectivity index (χ2n) is 3.46. The summed E-state index contributed by atoms with van der Waals surface area (Å²) in [6.07, 6.45) is -5.73. The molecule has 0 saturated heterocycles. The van der Waals surface area contributed by atoms with Crippen molar-refractivity contribution in [3.63, 3.8) is 0 Å². The maximum atomic E-state index is 12.7. The summed E-state index contributed by atoms with van der Waals surface area (Å²) in [6, 6.07) is 0. The second-order valence-corrected chi connectivity index (χ2v) is 3.46. The van der Waals surface area contributed by atoms with Gasteiger partial charge in [-0.1, -0.05) is 0 Å². The van der Waals surface area contributed by atoms with Crippen molar-refractivity contribution >= 4 is 5.97 Å². The Bertz CT molecular complexity index is 335. The molecule has 0 rings (SSSR count). The van der Waals surface area contributed by atoms with Crippen LogP contribution in [0.3, 0.4) is 0 Å². The molecule has 19 heavy (non-hydrogen) atoms. The number of esters is 1. The molecule has 0 unspecified atom stereocenters. The smallest absolute Gasteiger partial charge is 0.431 e. The van der Waals surface area contributed by atoms with Gasteiger partial charge in [-0.05, 0) is 0 Å². The molecule has 0 radical (unpaired) electrons. The Morgan fingerprint density at radius 3 is 1.74 bits per heavy atom. The van der Waals surface area contributed by atoms with Crippen LogP contribution >= 0.6 is 0 Å². The molecule has 0 aliphatic rings. The van der Waals surface area contributed by atoms with E-state index in [0.717, 1.165) is 0 Å². The molecule has 0 aromatic heterocycles. The SMILES string of the molecule is COC(=O)C(F)(F)C(F)(F)OCC(F)(F)C(C)(F)F. The van der Waals surface area contributed by atoms with E-state index in [9.17, 15) is 39.9 Å². The highest BCUT2D eigenvalue weighted by Crippen LogP contribution is 2.40. The van der Waals surface area contributed by atoms with Crippen LogP contribution in [0, 0.1) is 0 Å². The van der Waals surface area contributed by atoms with Crippen molar-refractivity contribution in [2.45, 2.75) is 30.8 Å². The number of ether oxygens (including phenoxy) is 2. The highest BCUT2D eigenvalue weighted by molar-refractivity contribution is 5.78. The standard InChI is InChI=1S/C8H8F8O3/c1-5(9,10)6(11,12)3-19-8(15,16)7(13,14)4(17)18-2/h3H2,1-2H3. The fourth-order valence-corrected chi connectivity index (χ4v) is 0.646. The largest absolute Gasteiger partial charge is 0.464 e. The van der Waals surface area contributed by atoms with E-state index in [1.54, 1.807) is 0 Å². The Morgan fingerprint density at radius 1 is 1.00 bits per heavy atom. The van der Waals surface area contributed by atoms with Crippen LogP contribution in [-0.4, -0.2) is 43.6 Å². The summed E-state index contributed by atoms with van der Waals surface area (Å²) in [4.78, 5) is 10.3. The molecule has 3 nitrogen and oxygen atoms in total. The van der Waals surface area contributed by atoms with E-state index in [2.05, 4.69) is 9.47 Å². The summed E-state index contributed by atoms with van der Waals surface area (Å²) in [5, 5.41) is 0. The van der Waals surface area contributed by atoms with Gasteiger partial charge in [0.15, 0.2) is 0 Å². The maximum Gasteiger partial charge on any atom is 0.431 e. The van der Waals surface area contributed by atoms with Gasteiger partial charge < -0.3 is 9.47 Å². The molecule has 114 valence electrons. The predicted octanol–water partition coefficient (Wildman–Crippen LogP) is 2.69. The molecule has 0 fully saturated rings. The zero-order valence-electron chi connectivity index (χ0n) is 9.46. The van der Waals surface area contributed by atoms with Crippen molar-refractivity contribution in [2.75, 3.05) is 13.7 Å². The minimum atomic E-state index is -5.73. The van der Waals surface area contributed by atoms with E-state index < -0.39 is 36.5 Å². The van der Waals surface area contributed by atoms with Crippen LogP contribution in [-0.2, 0) is 14.3 Å². The van der Waals surface area contributed by atoms with Gasteiger partial charge in [0.25, 0.3) is 0 Å². The van der Waals surface area contributed by atoms with E-state index in [1.165, 1.54) is 0 Å².